The number of aryl methyl sites for hydroxylation is 1. The van der Waals surface area contributed by atoms with E-state index in [0.717, 1.165) is 47.0 Å². The lowest BCUT2D eigenvalue weighted by atomic mass is 9.93. The van der Waals surface area contributed by atoms with Gasteiger partial charge in [-0.2, -0.15) is 0 Å². The second kappa shape index (κ2) is 14.2. The van der Waals surface area contributed by atoms with Crippen LogP contribution in [0.2, 0.25) is 0 Å². The van der Waals surface area contributed by atoms with Gasteiger partial charge in [0.05, 0.1) is 23.0 Å². The fourth-order valence-corrected chi connectivity index (χ4v) is 5.49. The number of anilines is 1. The molecule has 0 bridgehead atoms. The Hall–Kier alpha value is -4.92. The van der Waals surface area contributed by atoms with Crippen molar-refractivity contribution in [3.63, 3.8) is 0 Å². The fourth-order valence-electron chi connectivity index (χ4n) is 5.49. The van der Waals surface area contributed by atoms with E-state index in [4.69, 9.17) is 9.47 Å². The zero-order valence-corrected chi connectivity index (χ0v) is 26.0. The number of carbonyl (C=O) groups excluding carboxylic acids is 3. The molecule has 1 aromatic heterocycles. The van der Waals surface area contributed by atoms with Gasteiger partial charge in [-0.1, -0.05) is 54.6 Å². The van der Waals surface area contributed by atoms with Gasteiger partial charge in [0.25, 0.3) is 0 Å². The van der Waals surface area contributed by atoms with Crippen molar-refractivity contribution in [2.24, 2.45) is 0 Å². The van der Waals surface area contributed by atoms with Gasteiger partial charge >= 0.3 is 12.2 Å². The molecule has 1 aliphatic rings. The molecule has 9 nitrogen and oxygen atoms in total. The normalized spacial score (nSPS) is 16.8. The Morgan fingerprint density at radius 1 is 0.956 bits per heavy atom. The molecule has 9 heteroatoms. The number of amides is 2. The van der Waals surface area contributed by atoms with Crippen molar-refractivity contribution in [1.82, 2.24) is 14.9 Å². The minimum absolute atomic E-state index is 0.00118. The monoisotopic (exact) mass is 608 g/mol. The number of aromatic nitrogens is 2. The molecular weight excluding hydrogens is 568 g/mol. The number of imidazole rings is 1. The molecular formula is C36H40N4O5. The van der Waals surface area contributed by atoms with E-state index in [0.29, 0.717) is 36.9 Å². The molecule has 0 aliphatic heterocycles. The SMILES string of the molecule is CC(C)(C)OC(=O)NC1CCC(OC(=O)Nc2cc(/C=C\CCn3cnc4cc(C=O)ccc43)ccc2-c2ccccc2)CC1. The number of carbonyl (C=O) groups is 3. The van der Waals surface area contributed by atoms with Crippen LogP contribution in [-0.2, 0) is 16.0 Å². The highest BCUT2D eigenvalue weighted by Crippen LogP contribution is 2.30. The van der Waals surface area contributed by atoms with Gasteiger partial charge in [0, 0.05) is 23.7 Å². The van der Waals surface area contributed by atoms with Crippen LogP contribution >= 0.6 is 0 Å². The van der Waals surface area contributed by atoms with Crippen LogP contribution in [0.4, 0.5) is 15.3 Å². The van der Waals surface area contributed by atoms with E-state index in [9.17, 15) is 14.4 Å². The second-order valence-corrected chi connectivity index (χ2v) is 12.3. The lowest BCUT2D eigenvalue weighted by Crippen LogP contribution is -2.42. The van der Waals surface area contributed by atoms with Crippen molar-refractivity contribution >= 4 is 41.3 Å². The molecule has 4 aromatic rings. The first kappa shape index (κ1) is 31.5. The predicted molar refractivity (Wildman–Crippen MR) is 176 cm³/mol. The number of fused-ring (bicyclic) bond motifs is 1. The molecule has 2 N–H and O–H groups in total. The van der Waals surface area contributed by atoms with Crippen molar-refractivity contribution in [1.29, 1.82) is 0 Å². The molecule has 1 aliphatic carbocycles. The summed E-state index contributed by atoms with van der Waals surface area (Å²) in [5.74, 6) is 0. The molecule has 1 saturated carbocycles. The number of hydrogen-bond acceptors (Lipinski definition) is 6. The van der Waals surface area contributed by atoms with Crippen LogP contribution in [0.1, 0.15) is 68.8 Å². The Morgan fingerprint density at radius 2 is 1.71 bits per heavy atom. The van der Waals surface area contributed by atoms with Crippen molar-refractivity contribution in [2.75, 3.05) is 5.32 Å². The summed E-state index contributed by atoms with van der Waals surface area (Å²) < 4.78 is 13.2. The molecule has 45 heavy (non-hydrogen) atoms. The quantitative estimate of drug-likeness (QED) is 0.186. The molecule has 5 rings (SSSR count). The minimum Gasteiger partial charge on any atom is -0.446 e. The zero-order chi connectivity index (χ0) is 31.8. The van der Waals surface area contributed by atoms with Crippen molar-refractivity contribution in [3.8, 4) is 11.1 Å². The topological polar surface area (TPSA) is 112 Å². The number of benzene rings is 3. The van der Waals surface area contributed by atoms with Crippen LogP contribution in [0.15, 0.2) is 79.1 Å². The van der Waals surface area contributed by atoms with Crippen LogP contribution in [-0.4, -0.2) is 45.8 Å². The standard InChI is InChI=1S/C36H40N4O5/c1-36(2,3)45-35(43)38-28-14-16-29(17-15-28)44-34(42)39-31-21-25(12-18-30(31)27-10-5-4-6-11-27)9-7-8-20-40-24-37-32-22-26(23-41)13-19-33(32)40/h4-7,9-13,18-19,21-24,28-29H,8,14-17,20H2,1-3H3,(H,38,43)(H,39,42)/b9-7-. The number of aldehydes is 1. The molecule has 234 valence electrons. The molecule has 0 saturated heterocycles. The maximum atomic E-state index is 13.1. The first-order valence-corrected chi connectivity index (χ1v) is 15.4. The van der Waals surface area contributed by atoms with E-state index < -0.39 is 17.8 Å². The second-order valence-electron chi connectivity index (χ2n) is 12.3. The van der Waals surface area contributed by atoms with Crippen LogP contribution in [0, 0.1) is 0 Å². The smallest absolute Gasteiger partial charge is 0.411 e. The first-order valence-electron chi connectivity index (χ1n) is 15.4. The van der Waals surface area contributed by atoms with Crippen LogP contribution in [0.25, 0.3) is 28.2 Å². The number of ether oxygens (including phenoxy) is 2. The highest BCUT2D eigenvalue weighted by molar-refractivity contribution is 5.92. The minimum atomic E-state index is -0.548. The van der Waals surface area contributed by atoms with Gasteiger partial charge in [0.1, 0.15) is 18.0 Å². The Bertz CT molecular complexity index is 1660. The molecule has 0 atom stereocenters. The summed E-state index contributed by atoms with van der Waals surface area (Å²) in [5, 5.41) is 5.91. The maximum Gasteiger partial charge on any atom is 0.411 e. The number of hydrogen-bond donors (Lipinski definition) is 2. The molecule has 1 fully saturated rings. The van der Waals surface area contributed by atoms with Crippen molar-refractivity contribution in [3.05, 3.63) is 90.3 Å². The van der Waals surface area contributed by atoms with Gasteiger partial charge in [0.2, 0.25) is 0 Å². The fraction of sp³-hybridized carbons (Fsp3) is 0.333. The third-order valence-corrected chi connectivity index (χ3v) is 7.66. The summed E-state index contributed by atoms with van der Waals surface area (Å²) in [7, 11) is 0. The zero-order valence-electron chi connectivity index (χ0n) is 26.0. The molecule has 2 amide bonds. The Kier molecular flexibility index (Phi) is 9.97. The van der Waals surface area contributed by atoms with Gasteiger partial charge in [-0.05, 0) is 88.3 Å². The summed E-state index contributed by atoms with van der Waals surface area (Å²) in [4.78, 5) is 40.7. The summed E-state index contributed by atoms with van der Waals surface area (Å²) in [6, 6.07) is 21.4. The predicted octanol–water partition coefficient (Wildman–Crippen LogP) is 8.00. The lowest BCUT2D eigenvalue weighted by Gasteiger charge is -2.30. The van der Waals surface area contributed by atoms with Gasteiger partial charge in [-0.25, -0.2) is 14.6 Å². The van der Waals surface area contributed by atoms with E-state index in [1.54, 1.807) is 18.5 Å². The Balaban J connectivity index is 1.20. The average molecular weight is 609 g/mol. The summed E-state index contributed by atoms with van der Waals surface area (Å²) >= 11 is 0. The summed E-state index contributed by atoms with van der Waals surface area (Å²) in [5.41, 5.74) is 5.35. The van der Waals surface area contributed by atoms with E-state index >= 15 is 0 Å². The van der Waals surface area contributed by atoms with Gasteiger partial charge in [-0.3, -0.25) is 10.1 Å². The number of nitrogens with zero attached hydrogens (tertiary/aromatic N) is 2. The summed E-state index contributed by atoms with van der Waals surface area (Å²) in [6.07, 6.45) is 9.11. The van der Waals surface area contributed by atoms with Gasteiger partial charge in [-0.15, -0.1) is 0 Å². The van der Waals surface area contributed by atoms with Crippen molar-refractivity contribution in [2.45, 2.75) is 77.2 Å². The number of allylic oxidation sites excluding steroid dienone is 1. The van der Waals surface area contributed by atoms with Crippen molar-refractivity contribution < 1.29 is 23.9 Å². The summed E-state index contributed by atoms with van der Waals surface area (Å²) in [6.45, 7) is 6.25. The van der Waals surface area contributed by atoms with Crippen LogP contribution in [0.5, 0.6) is 0 Å². The van der Waals surface area contributed by atoms with E-state index in [-0.39, 0.29) is 12.1 Å². The highest BCUT2D eigenvalue weighted by Gasteiger charge is 2.27. The largest absolute Gasteiger partial charge is 0.446 e. The molecule has 0 spiro atoms. The van der Waals surface area contributed by atoms with Gasteiger partial charge < -0.3 is 19.4 Å². The number of alkyl carbamates (subject to hydrolysis) is 1. The number of rotatable bonds is 9. The van der Waals surface area contributed by atoms with E-state index in [1.165, 1.54) is 0 Å². The van der Waals surface area contributed by atoms with Crippen LogP contribution in [0.3, 0.4) is 0 Å². The molecule has 0 unspecified atom stereocenters. The third kappa shape index (κ3) is 8.81. The van der Waals surface area contributed by atoms with Gasteiger partial charge in [0.15, 0.2) is 0 Å². The lowest BCUT2D eigenvalue weighted by molar-refractivity contribution is 0.0440. The van der Waals surface area contributed by atoms with E-state index in [1.807, 2.05) is 81.4 Å². The molecule has 3 aromatic carbocycles. The molecule has 0 radical (unpaired) electrons. The third-order valence-electron chi connectivity index (χ3n) is 7.66. The van der Waals surface area contributed by atoms with E-state index in [2.05, 4.69) is 26.3 Å². The van der Waals surface area contributed by atoms with Crippen LogP contribution < -0.4 is 10.6 Å². The Morgan fingerprint density at radius 3 is 2.44 bits per heavy atom. The maximum absolute atomic E-state index is 13.1. The average Bonchev–Trinajstić information content (AvgIpc) is 3.42. The Labute approximate surface area is 263 Å². The first-order chi connectivity index (χ1) is 21.7. The molecule has 1 heterocycles. The highest BCUT2D eigenvalue weighted by atomic mass is 16.6. The number of nitrogens with one attached hydrogen (secondary N) is 2.